The first kappa shape index (κ1) is 16.4. The van der Waals surface area contributed by atoms with Crippen molar-refractivity contribution >= 4 is 27.7 Å². The highest BCUT2D eigenvalue weighted by Crippen LogP contribution is 2.43. The number of nitrogens with zero attached hydrogens (tertiary/aromatic N) is 1. The first-order valence-corrected chi connectivity index (χ1v) is 8.92. The average molecular weight is 408 g/mol. The molecule has 3 heterocycles. The van der Waals surface area contributed by atoms with Crippen molar-refractivity contribution in [1.82, 2.24) is 9.78 Å². The van der Waals surface area contributed by atoms with Crippen LogP contribution in [0.2, 0.25) is 0 Å². The normalized spacial score (nSPS) is 19.2. The Hall–Kier alpha value is -2.06. The summed E-state index contributed by atoms with van der Waals surface area (Å²) in [5, 5.41) is 5.68. The van der Waals surface area contributed by atoms with E-state index in [4.69, 9.17) is 9.47 Å². The van der Waals surface area contributed by atoms with Gasteiger partial charge in [-0.2, -0.15) is 0 Å². The van der Waals surface area contributed by atoms with Gasteiger partial charge >= 0.3 is 0 Å². The van der Waals surface area contributed by atoms with Gasteiger partial charge in [0.05, 0.1) is 12.2 Å². The van der Waals surface area contributed by atoms with E-state index in [1.54, 1.807) is 4.68 Å². The highest BCUT2D eigenvalue weighted by Gasteiger charge is 2.35. The summed E-state index contributed by atoms with van der Waals surface area (Å²) in [6.07, 6.45) is 0.200. The lowest BCUT2D eigenvalue weighted by Gasteiger charge is -2.28. The highest BCUT2D eigenvalue weighted by atomic mass is 79.9. The molecule has 2 aliphatic heterocycles. The molecule has 1 amide bonds. The number of hydrogen-bond donors (Lipinski definition) is 2. The van der Waals surface area contributed by atoms with Gasteiger partial charge in [-0.25, -0.2) is 0 Å². The summed E-state index contributed by atoms with van der Waals surface area (Å²) in [7, 11) is 0. The van der Waals surface area contributed by atoms with Crippen LogP contribution in [0, 0.1) is 0 Å². The number of anilines is 1. The zero-order valence-electron chi connectivity index (χ0n) is 13.9. The minimum absolute atomic E-state index is 0.0246. The molecule has 8 heteroatoms. The number of carbonyl (C=O) groups excluding carboxylic acids is 1. The molecule has 0 radical (unpaired) electrons. The number of halogens is 1. The van der Waals surface area contributed by atoms with Gasteiger partial charge < -0.3 is 14.8 Å². The van der Waals surface area contributed by atoms with Crippen molar-refractivity contribution in [2.24, 2.45) is 0 Å². The fraction of sp³-hybridized carbons (Fsp3) is 0.412. The summed E-state index contributed by atoms with van der Waals surface area (Å²) >= 11 is 3.51. The van der Waals surface area contributed by atoms with Gasteiger partial charge in [0.1, 0.15) is 11.6 Å². The summed E-state index contributed by atoms with van der Waals surface area (Å²) in [4.78, 5) is 25.0. The zero-order valence-corrected chi connectivity index (χ0v) is 15.5. The molecule has 25 heavy (non-hydrogen) atoms. The molecule has 7 nitrogen and oxygen atoms in total. The van der Waals surface area contributed by atoms with Crippen LogP contribution in [0.5, 0.6) is 5.75 Å². The molecule has 0 saturated carbocycles. The molecule has 4 rings (SSSR count). The molecule has 0 bridgehead atoms. The third-order valence-electron chi connectivity index (χ3n) is 4.55. The van der Waals surface area contributed by atoms with Crippen molar-refractivity contribution in [2.45, 2.75) is 38.8 Å². The van der Waals surface area contributed by atoms with Crippen molar-refractivity contribution in [2.75, 3.05) is 12.1 Å². The van der Waals surface area contributed by atoms with Gasteiger partial charge in [-0.3, -0.25) is 19.4 Å². The maximum absolute atomic E-state index is 12.6. The largest absolute Gasteiger partial charge is 0.467 e. The van der Waals surface area contributed by atoms with Gasteiger partial charge in [0.2, 0.25) is 5.91 Å². The van der Waals surface area contributed by atoms with E-state index in [0.29, 0.717) is 23.7 Å². The predicted molar refractivity (Wildman–Crippen MR) is 95.0 cm³/mol. The number of hydrogen-bond acceptors (Lipinski definition) is 4. The van der Waals surface area contributed by atoms with Crippen LogP contribution in [0.3, 0.4) is 0 Å². The Labute approximate surface area is 152 Å². The van der Waals surface area contributed by atoms with Crippen LogP contribution in [0.1, 0.15) is 48.9 Å². The van der Waals surface area contributed by atoms with Gasteiger partial charge in [0.15, 0.2) is 6.79 Å². The number of carbonyl (C=O) groups is 1. The average Bonchev–Trinajstić information content (AvgIpc) is 2.90. The van der Waals surface area contributed by atoms with Gasteiger partial charge in [0.25, 0.3) is 5.56 Å². The monoisotopic (exact) mass is 407 g/mol. The van der Waals surface area contributed by atoms with Gasteiger partial charge in [-0.1, -0.05) is 15.9 Å². The lowest BCUT2D eigenvalue weighted by Crippen LogP contribution is -2.28. The lowest BCUT2D eigenvalue weighted by molar-refractivity contribution is -0.116. The summed E-state index contributed by atoms with van der Waals surface area (Å²) < 4.78 is 13.6. The number of H-pyrrole nitrogens is 1. The Morgan fingerprint density at radius 2 is 2.12 bits per heavy atom. The number of rotatable bonds is 2. The maximum Gasteiger partial charge on any atom is 0.270 e. The zero-order chi connectivity index (χ0) is 17.7. The Morgan fingerprint density at radius 3 is 2.88 bits per heavy atom. The van der Waals surface area contributed by atoms with Crippen LogP contribution in [0.25, 0.3) is 0 Å². The van der Waals surface area contributed by atoms with E-state index in [-0.39, 0.29) is 36.6 Å². The van der Waals surface area contributed by atoms with Crippen LogP contribution >= 0.6 is 15.9 Å². The van der Waals surface area contributed by atoms with Crippen molar-refractivity contribution in [3.63, 3.8) is 0 Å². The molecule has 0 aliphatic carbocycles. The third kappa shape index (κ3) is 2.69. The topological polar surface area (TPSA) is 85.4 Å². The minimum Gasteiger partial charge on any atom is -0.467 e. The first-order chi connectivity index (χ1) is 12.0. The number of nitrogens with one attached hydrogen (secondary N) is 2. The molecule has 0 fully saturated rings. The predicted octanol–water partition coefficient (Wildman–Crippen LogP) is 2.86. The molecule has 2 aromatic rings. The lowest BCUT2D eigenvalue weighted by atomic mass is 9.85. The molecule has 0 spiro atoms. The summed E-state index contributed by atoms with van der Waals surface area (Å²) in [5.74, 6) is 0.766. The van der Waals surface area contributed by atoms with Crippen LogP contribution < -0.4 is 15.6 Å². The molecular formula is C17H18BrN3O4. The van der Waals surface area contributed by atoms with Crippen LogP contribution in [-0.2, 0) is 16.1 Å². The van der Waals surface area contributed by atoms with E-state index >= 15 is 0 Å². The second kappa shape index (κ2) is 6.03. The van der Waals surface area contributed by atoms with Gasteiger partial charge in [-0.05, 0) is 26.0 Å². The molecule has 0 saturated heterocycles. The van der Waals surface area contributed by atoms with Crippen LogP contribution in [-0.4, -0.2) is 22.5 Å². The van der Waals surface area contributed by atoms with Crippen LogP contribution in [0.4, 0.5) is 5.82 Å². The molecule has 1 atom stereocenters. The second-order valence-corrected chi connectivity index (χ2v) is 7.48. The Kier molecular flexibility index (Phi) is 3.96. The SMILES string of the molecule is CC(C)n1[nH]c(=O)c2c1NC(=O)C[C@@H]2c1cc(Br)cc2c1OCOC2. The van der Waals surface area contributed by atoms with E-state index in [2.05, 4.69) is 26.3 Å². The number of fused-ring (bicyclic) bond motifs is 2. The summed E-state index contributed by atoms with van der Waals surface area (Å²) in [6, 6.07) is 3.88. The van der Waals surface area contributed by atoms with Crippen molar-refractivity contribution in [3.8, 4) is 5.75 Å². The number of aromatic amines is 1. The molecule has 1 aromatic carbocycles. The van der Waals surface area contributed by atoms with Crippen molar-refractivity contribution < 1.29 is 14.3 Å². The Morgan fingerprint density at radius 1 is 1.32 bits per heavy atom. The first-order valence-electron chi connectivity index (χ1n) is 8.12. The smallest absolute Gasteiger partial charge is 0.270 e. The van der Waals surface area contributed by atoms with E-state index in [1.165, 1.54) is 0 Å². The molecule has 0 unspecified atom stereocenters. The van der Waals surface area contributed by atoms with E-state index in [1.807, 2.05) is 26.0 Å². The van der Waals surface area contributed by atoms with Gasteiger partial charge in [-0.15, -0.1) is 0 Å². The Bertz CT molecular complexity index is 915. The maximum atomic E-state index is 12.6. The molecular weight excluding hydrogens is 390 g/mol. The number of benzene rings is 1. The number of amides is 1. The van der Waals surface area contributed by atoms with Crippen molar-refractivity contribution in [3.05, 3.63) is 43.6 Å². The van der Waals surface area contributed by atoms with Crippen LogP contribution in [0.15, 0.2) is 21.4 Å². The Balaban J connectivity index is 1.93. The molecule has 132 valence electrons. The summed E-state index contributed by atoms with van der Waals surface area (Å²) in [5.41, 5.74) is 2.12. The number of aromatic nitrogens is 2. The van der Waals surface area contributed by atoms with Crippen molar-refractivity contribution in [1.29, 1.82) is 0 Å². The minimum atomic E-state index is -0.364. The van der Waals surface area contributed by atoms with E-state index in [9.17, 15) is 9.59 Å². The fourth-order valence-electron chi connectivity index (χ4n) is 3.50. The summed E-state index contributed by atoms with van der Waals surface area (Å²) in [6.45, 7) is 4.51. The second-order valence-electron chi connectivity index (χ2n) is 6.57. The molecule has 1 aromatic heterocycles. The van der Waals surface area contributed by atoms with E-state index < -0.39 is 0 Å². The number of ether oxygens (including phenoxy) is 2. The molecule has 2 N–H and O–H groups in total. The fourth-order valence-corrected chi connectivity index (χ4v) is 4.03. The third-order valence-corrected chi connectivity index (χ3v) is 5.01. The quantitative estimate of drug-likeness (QED) is 0.801. The standard InChI is InChI=1S/C17H18BrN3O4/c1-8(2)21-16-14(17(23)20-21)11(5-13(22)19-16)12-4-10(18)3-9-6-24-7-25-15(9)12/h3-4,8,11H,5-7H2,1-2H3,(H,19,22)(H,20,23)/t11-/m1/s1. The van der Waals surface area contributed by atoms with Gasteiger partial charge in [0, 0.05) is 34.0 Å². The molecule has 2 aliphatic rings. The van der Waals surface area contributed by atoms with E-state index in [0.717, 1.165) is 15.6 Å². The highest BCUT2D eigenvalue weighted by molar-refractivity contribution is 9.10.